The monoisotopic (exact) mass is 188 g/mol. The summed E-state index contributed by atoms with van der Waals surface area (Å²) in [5, 5.41) is 27.8. The van der Waals surface area contributed by atoms with Gasteiger partial charge in [0.1, 0.15) is 24.0 Å². The summed E-state index contributed by atoms with van der Waals surface area (Å²) in [7, 11) is 0. The van der Waals surface area contributed by atoms with E-state index >= 15 is 0 Å². The van der Waals surface area contributed by atoms with Crippen LogP contribution in [-0.4, -0.2) is 21.3 Å². The van der Waals surface area contributed by atoms with E-state index in [9.17, 15) is 10.2 Å². The molecule has 4 nitrogen and oxygen atoms in total. The second-order valence-electron chi connectivity index (χ2n) is 3.07. The van der Waals surface area contributed by atoms with Gasteiger partial charge in [0.05, 0.1) is 0 Å². The highest BCUT2D eigenvalue weighted by atomic mass is 16.3. The predicted octanol–water partition coefficient (Wildman–Crippen LogP) is 0.374. The van der Waals surface area contributed by atoms with Gasteiger partial charge in [-0.1, -0.05) is 12.2 Å². The first-order chi connectivity index (χ1) is 6.74. The highest BCUT2D eigenvalue weighted by Crippen LogP contribution is 2.29. The van der Waals surface area contributed by atoms with Crippen molar-refractivity contribution in [1.82, 2.24) is 4.98 Å². The summed E-state index contributed by atoms with van der Waals surface area (Å²) in [4.78, 5) is 3.83. The van der Waals surface area contributed by atoms with Crippen LogP contribution in [0.2, 0.25) is 0 Å². The summed E-state index contributed by atoms with van der Waals surface area (Å²) in [6.45, 7) is 0. The van der Waals surface area contributed by atoms with Gasteiger partial charge in [-0.25, -0.2) is 4.98 Å². The zero-order valence-corrected chi connectivity index (χ0v) is 7.25. The van der Waals surface area contributed by atoms with Crippen LogP contribution in [0.25, 0.3) is 6.08 Å². The Kier molecular flexibility index (Phi) is 2.04. The Balaban J connectivity index is 2.64. The van der Waals surface area contributed by atoms with E-state index in [1.165, 1.54) is 12.3 Å². The molecule has 0 bridgehead atoms. The van der Waals surface area contributed by atoms with E-state index in [0.717, 1.165) is 5.56 Å². The van der Waals surface area contributed by atoms with Crippen molar-refractivity contribution in [3.8, 4) is 6.07 Å². The third-order valence-electron chi connectivity index (χ3n) is 2.22. The lowest BCUT2D eigenvalue weighted by Crippen LogP contribution is -2.21. The van der Waals surface area contributed by atoms with Gasteiger partial charge in [0.25, 0.3) is 0 Å². The summed E-state index contributed by atoms with van der Waals surface area (Å²) in [5.74, 6) is 0. The molecule has 0 aromatic carbocycles. The minimum absolute atomic E-state index is 0.165. The lowest BCUT2D eigenvalue weighted by molar-refractivity contribution is 0.0465. The fourth-order valence-electron chi connectivity index (χ4n) is 1.51. The highest BCUT2D eigenvalue weighted by Gasteiger charge is 2.25. The van der Waals surface area contributed by atoms with Crippen molar-refractivity contribution in [3.05, 3.63) is 35.2 Å². The highest BCUT2D eigenvalue weighted by molar-refractivity contribution is 5.60. The normalized spacial score (nSPS) is 24.1. The van der Waals surface area contributed by atoms with E-state index in [1.54, 1.807) is 12.1 Å². The second-order valence-corrected chi connectivity index (χ2v) is 3.07. The standard InChI is InChI=1S/C10H8N2O2/c11-5-7-9-6(3-4-12-7)1-2-8(13)10(9)14/h1-4,8,10,13-14H/t8-,10-/m0/s1. The average Bonchev–Trinajstić information content (AvgIpc) is 2.23. The van der Waals surface area contributed by atoms with Crippen LogP contribution in [0.1, 0.15) is 22.9 Å². The summed E-state index contributed by atoms with van der Waals surface area (Å²) in [5.41, 5.74) is 1.30. The maximum atomic E-state index is 9.65. The Morgan fingerprint density at radius 1 is 1.43 bits per heavy atom. The van der Waals surface area contributed by atoms with Crippen molar-refractivity contribution in [2.75, 3.05) is 0 Å². The van der Waals surface area contributed by atoms with Crippen LogP contribution in [0, 0.1) is 11.3 Å². The molecule has 0 unspecified atom stereocenters. The quantitative estimate of drug-likeness (QED) is 0.616. The van der Waals surface area contributed by atoms with Gasteiger partial charge < -0.3 is 10.2 Å². The number of aliphatic hydroxyl groups is 2. The van der Waals surface area contributed by atoms with E-state index < -0.39 is 12.2 Å². The molecular formula is C10H8N2O2. The zero-order chi connectivity index (χ0) is 10.1. The van der Waals surface area contributed by atoms with Gasteiger partial charge in [0.15, 0.2) is 0 Å². The number of hydrogen-bond acceptors (Lipinski definition) is 4. The summed E-state index contributed by atoms with van der Waals surface area (Å²) < 4.78 is 0. The first kappa shape index (κ1) is 8.88. The molecular weight excluding hydrogens is 180 g/mol. The number of nitriles is 1. The van der Waals surface area contributed by atoms with Gasteiger partial charge in [0.2, 0.25) is 0 Å². The lowest BCUT2D eigenvalue weighted by atomic mass is 9.92. The van der Waals surface area contributed by atoms with Crippen molar-refractivity contribution in [2.24, 2.45) is 0 Å². The number of aromatic nitrogens is 1. The molecule has 0 fully saturated rings. The molecule has 2 rings (SSSR count). The van der Waals surface area contributed by atoms with Crippen LogP contribution in [0.3, 0.4) is 0 Å². The van der Waals surface area contributed by atoms with Crippen LogP contribution in [0.5, 0.6) is 0 Å². The molecule has 70 valence electrons. The number of rotatable bonds is 0. The minimum Gasteiger partial charge on any atom is -0.386 e. The van der Waals surface area contributed by atoms with E-state index in [1.807, 2.05) is 6.07 Å². The van der Waals surface area contributed by atoms with Crippen molar-refractivity contribution < 1.29 is 10.2 Å². The summed E-state index contributed by atoms with van der Waals surface area (Å²) >= 11 is 0. The van der Waals surface area contributed by atoms with E-state index in [-0.39, 0.29) is 5.69 Å². The Bertz CT molecular complexity index is 434. The molecule has 0 spiro atoms. The molecule has 2 N–H and O–H groups in total. The number of nitrogens with zero attached hydrogens (tertiary/aromatic N) is 2. The van der Waals surface area contributed by atoms with Crippen molar-refractivity contribution in [3.63, 3.8) is 0 Å². The van der Waals surface area contributed by atoms with Gasteiger partial charge in [-0.15, -0.1) is 0 Å². The Hall–Kier alpha value is -1.70. The Morgan fingerprint density at radius 3 is 2.93 bits per heavy atom. The number of hydrogen-bond donors (Lipinski definition) is 2. The van der Waals surface area contributed by atoms with Crippen molar-refractivity contribution in [2.45, 2.75) is 12.2 Å². The first-order valence-electron chi connectivity index (χ1n) is 4.17. The molecule has 4 heteroatoms. The van der Waals surface area contributed by atoms with Crippen molar-refractivity contribution in [1.29, 1.82) is 5.26 Å². The van der Waals surface area contributed by atoms with Gasteiger partial charge >= 0.3 is 0 Å². The molecule has 14 heavy (non-hydrogen) atoms. The third kappa shape index (κ3) is 1.20. The van der Waals surface area contributed by atoms with Gasteiger partial charge in [-0.3, -0.25) is 0 Å². The molecule has 1 aliphatic rings. The molecule has 0 amide bonds. The molecule has 0 saturated heterocycles. The maximum absolute atomic E-state index is 9.65. The van der Waals surface area contributed by atoms with Crippen LogP contribution in [-0.2, 0) is 0 Å². The fourth-order valence-corrected chi connectivity index (χ4v) is 1.51. The molecule has 1 aromatic heterocycles. The number of fused-ring (bicyclic) bond motifs is 1. The maximum Gasteiger partial charge on any atom is 0.146 e. The van der Waals surface area contributed by atoms with Gasteiger partial charge in [0, 0.05) is 11.8 Å². The summed E-state index contributed by atoms with van der Waals surface area (Å²) in [6, 6.07) is 3.59. The SMILES string of the molecule is N#Cc1nccc2c1[C@@H](O)[C@@H](O)C=C2. The smallest absolute Gasteiger partial charge is 0.146 e. The Labute approximate surface area is 80.8 Å². The zero-order valence-electron chi connectivity index (χ0n) is 7.25. The molecule has 1 aromatic rings. The van der Waals surface area contributed by atoms with Gasteiger partial charge in [-0.2, -0.15) is 5.26 Å². The molecule has 1 heterocycles. The van der Waals surface area contributed by atoms with Crippen LogP contribution in [0.15, 0.2) is 18.3 Å². The van der Waals surface area contributed by atoms with Gasteiger partial charge in [-0.05, 0) is 11.6 Å². The second kappa shape index (κ2) is 3.22. The molecule has 1 aliphatic carbocycles. The van der Waals surface area contributed by atoms with Crippen LogP contribution >= 0.6 is 0 Å². The van der Waals surface area contributed by atoms with E-state index in [2.05, 4.69) is 4.98 Å². The minimum atomic E-state index is -1.06. The molecule has 0 saturated carbocycles. The molecule has 0 aliphatic heterocycles. The molecule has 2 atom stereocenters. The topological polar surface area (TPSA) is 77.1 Å². The van der Waals surface area contributed by atoms with Crippen LogP contribution < -0.4 is 0 Å². The fraction of sp³-hybridized carbons (Fsp3) is 0.200. The van der Waals surface area contributed by atoms with Crippen LogP contribution in [0.4, 0.5) is 0 Å². The predicted molar refractivity (Wildman–Crippen MR) is 49.0 cm³/mol. The molecule has 0 radical (unpaired) electrons. The average molecular weight is 188 g/mol. The summed E-state index contributed by atoms with van der Waals surface area (Å²) in [6.07, 6.45) is 2.66. The van der Waals surface area contributed by atoms with E-state index in [0.29, 0.717) is 5.56 Å². The number of aliphatic hydroxyl groups excluding tert-OH is 2. The third-order valence-corrected chi connectivity index (χ3v) is 2.22. The van der Waals surface area contributed by atoms with Crippen molar-refractivity contribution >= 4 is 6.08 Å². The Morgan fingerprint density at radius 2 is 2.21 bits per heavy atom. The lowest BCUT2D eigenvalue weighted by Gasteiger charge is -2.21. The largest absolute Gasteiger partial charge is 0.386 e. The first-order valence-corrected chi connectivity index (χ1v) is 4.17. The number of pyridine rings is 1. The van der Waals surface area contributed by atoms with E-state index in [4.69, 9.17) is 5.26 Å².